The summed E-state index contributed by atoms with van der Waals surface area (Å²) < 4.78 is 41.9. The molecule has 3 rings (SSSR count). The van der Waals surface area contributed by atoms with Gasteiger partial charge in [0, 0.05) is 11.8 Å². The minimum absolute atomic E-state index is 0.140. The molecule has 0 aliphatic rings. The number of methoxy groups -OCH3 is 2. The second kappa shape index (κ2) is 7.98. The first-order chi connectivity index (χ1) is 12.9. The van der Waals surface area contributed by atoms with E-state index in [1.165, 1.54) is 18.6 Å². The third-order valence-corrected chi connectivity index (χ3v) is 5.51. The van der Waals surface area contributed by atoms with Crippen LogP contribution in [0.25, 0.3) is 21.6 Å². The maximum Gasteiger partial charge on any atom is 0.299 e. The Morgan fingerprint density at radius 1 is 0.926 bits per heavy atom. The molecule has 0 bridgehead atoms. The lowest BCUT2D eigenvalue weighted by Crippen LogP contribution is -1.95. The van der Waals surface area contributed by atoms with E-state index in [9.17, 15) is 8.42 Å². The molecule has 3 aromatic rings. The topological polar surface area (TPSA) is 74.7 Å². The molecule has 0 N–H and O–H groups in total. The summed E-state index contributed by atoms with van der Waals surface area (Å²) >= 11 is 1.36. The van der Waals surface area contributed by atoms with Crippen molar-refractivity contribution >= 4 is 22.5 Å². The standard InChI is InChI=1S/C19H19NO5S2/c1-11-7-14(9-17(24-4)12(11)2)19-15(10-20-26-19)13-5-6-16(23-3)18(8-13)25-27(21)22/h5-10,27H,1-4H3. The number of hydrogen-bond donors (Lipinski definition) is 1. The summed E-state index contributed by atoms with van der Waals surface area (Å²) in [6.07, 6.45) is 1.75. The van der Waals surface area contributed by atoms with Gasteiger partial charge in [-0.2, -0.15) is 12.8 Å². The maximum atomic E-state index is 11.0. The van der Waals surface area contributed by atoms with Crippen molar-refractivity contribution in [1.29, 1.82) is 0 Å². The van der Waals surface area contributed by atoms with Crippen LogP contribution < -0.4 is 13.7 Å². The van der Waals surface area contributed by atoms with Gasteiger partial charge < -0.3 is 13.7 Å². The lowest BCUT2D eigenvalue weighted by atomic mass is 9.99. The van der Waals surface area contributed by atoms with Crippen LogP contribution in [0, 0.1) is 13.8 Å². The highest BCUT2D eigenvalue weighted by molar-refractivity contribution is 7.67. The molecule has 0 spiro atoms. The molecule has 6 nitrogen and oxygen atoms in total. The van der Waals surface area contributed by atoms with Gasteiger partial charge in [0.1, 0.15) is 5.75 Å². The molecule has 0 unspecified atom stereocenters. The number of benzene rings is 2. The Hall–Kier alpha value is -2.58. The normalized spacial score (nSPS) is 10.9. The molecule has 1 heterocycles. The van der Waals surface area contributed by atoms with Crippen molar-refractivity contribution in [1.82, 2.24) is 4.37 Å². The van der Waals surface area contributed by atoms with Crippen LogP contribution in [0.5, 0.6) is 17.2 Å². The number of ether oxygens (including phenoxy) is 2. The second-order valence-electron chi connectivity index (χ2n) is 5.87. The Balaban J connectivity index is 2.12. The number of thiol groups is 1. The van der Waals surface area contributed by atoms with E-state index in [1.54, 1.807) is 25.4 Å². The molecule has 0 saturated carbocycles. The third kappa shape index (κ3) is 3.91. The van der Waals surface area contributed by atoms with Crippen LogP contribution in [-0.2, 0) is 11.0 Å². The summed E-state index contributed by atoms with van der Waals surface area (Å²) in [5.41, 5.74) is 4.85. The highest BCUT2D eigenvalue weighted by atomic mass is 32.2. The van der Waals surface area contributed by atoms with Gasteiger partial charge in [0.05, 0.1) is 19.1 Å². The van der Waals surface area contributed by atoms with Crippen molar-refractivity contribution in [3.05, 3.63) is 47.7 Å². The lowest BCUT2D eigenvalue weighted by Gasteiger charge is -2.12. The summed E-state index contributed by atoms with van der Waals surface area (Å²) in [7, 11) is 0.0620. The zero-order chi connectivity index (χ0) is 19.6. The molecule has 0 fully saturated rings. The Labute approximate surface area is 163 Å². The van der Waals surface area contributed by atoms with Crippen molar-refractivity contribution in [3.8, 4) is 38.8 Å². The lowest BCUT2D eigenvalue weighted by molar-refractivity contribution is 0.394. The molecule has 0 aliphatic carbocycles. The van der Waals surface area contributed by atoms with E-state index in [-0.39, 0.29) is 5.75 Å². The highest BCUT2D eigenvalue weighted by Gasteiger charge is 2.16. The average molecular weight is 405 g/mol. The predicted octanol–water partition coefficient (Wildman–Crippen LogP) is 4.02. The van der Waals surface area contributed by atoms with E-state index in [2.05, 4.69) is 10.4 Å². The third-order valence-electron chi connectivity index (χ3n) is 4.32. The maximum absolute atomic E-state index is 11.0. The Kier molecular flexibility index (Phi) is 5.67. The van der Waals surface area contributed by atoms with Crippen LogP contribution >= 0.6 is 11.5 Å². The first-order valence-electron chi connectivity index (χ1n) is 8.05. The molecular formula is C19H19NO5S2. The summed E-state index contributed by atoms with van der Waals surface area (Å²) in [4.78, 5) is 0.957. The molecule has 2 aromatic carbocycles. The van der Waals surface area contributed by atoms with E-state index in [0.29, 0.717) is 5.75 Å². The van der Waals surface area contributed by atoms with Crippen molar-refractivity contribution in [2.24, 2.45) is 0 Å². The van der Waals surface area contributed by atoms with E-state index in [0.717, 1.165) is 38.4 Å². The molecule has 0 saturated heterocycles. The average Bonchev–Trinajstić information content (AvgIpc) is 3.13. The fourth-order valence-electron chi connectivity index (χ4n) is 2.82. The fraction of sp³-hybridized carbons (Fsp3) is 0.211. The van der Waals surface area contributed by atoms with Crippen molar-refractivity contribution < 1.29 is 22.1 Å². The SMILES string of the molecule is COc1ccc(-c2cnsc2-c2cc(C)c(C)c(OC)c2)cc1O[SH](=O)=O. The first kappa shape index (κ1) is 19.2. The van der Waals surface area contributed by atoms with E-state index in [4.69, 9.17) is 13.7 Å². The number of aromatic nitrogens is 1. The van der Waals surface area contributed by atoms with Crippen LogP contribution in [0.1, 0.15) is 11.1 Å². The number of rotatable bonds is 6. The summed E-state index contributed by atoms with van der Waals surface area (Å²) in [5.74, 6) is 1.29. The fourth-order valence-corrected chi connectivity index (χ4v) is 3.88. The van der Waals surface area contributed by atoms with Crippen molar-refractivity contribution in [3.63, 3.8) is 0 Å². The van der Waals surface area contributed by atoms with Crippen molar-refractivity contribution in [2.75, 3.05) is 14.2 Å². The van der Waals surface area contributed by atoms with Gasteiger partial charge in [0.25, 0.3) is 11.0 Å². The molecule has 142 valence electrons. The zero-order valence-corrected chi connectivity index (χ0v) is 17.0. The zero-order valence-electron chi connectivity index (χ0n) is 15.3. The Bertz CT molecular complexity index is 1050. The van der Waals surface area contributed by atoms with E-state index in [1.807, 2.05) is 26.0 Å². The van der Waals surface area contributed by atoms with Gasteiger partial charge in [-0.05, 0) is 65.8 Å². The molecular weight excluding hydrogens is 386 g/mol. The molecule has 0 amide bonds. The summed E-state index contributed by atoms with van der Waals surface area (Å²) in [6.45, 7) is 4.05. The van der Waals surface area contributed by atoms with Gasteiger partial charge in [-0.15, -0.1) is 0 Å². The molecule has 0 radical (unpaired) electrons. The summed E-state index contributed by atoms with van der Waals surface area (Å²) in [6, 6.07) is 9.22. The Morgan fingerprint density at radius 2 is 1.63 bits per heavy atom. The summed E-state index contributed by atoms with van der Waals surface area (Å²) in [5, 5.41) is 0. The smallest absolute Gasteiger partial charge is 0.299 e. The van der Waals surface area contributed by atoms with Crippen LogP contribution in [0.2, 0.25) is 0 Å². The first-order valence-corrected chi connectivity index (χ1v) is 9.92. The van der Waals surface area contributed by atoms with Gasteiger partial charge in [-0.1, -0.05) is 12.1 Å². The molecule has 0 aliphatic heterocycles. The number of hydrogen-bond acceptors (Lipinski definition) is 7. The van der Waals surface area contributed by atoms with Crippen LogP contribution in [0.15, 0.2) is 36.5 Å². The molecule has 1 aromatic heterocycles. The van der Waals surface area contributed by atoms with Crippen LogP contribution in [0.3, 0.4) is 0 Å². The van der Waals surface area contributed by atoms with Crippen molar-refractivity contribution in [2.45, 2.75) is 13.8 Å². The molecule has 27 heavy (non-hydrogen) atoms. The van der Waals surface area contributed by atoms with Crippen LogP contribution in [-0.4, -0.2) is 27.0 Å². The van der Waals surface area contributed by atoms with Gasteiger partial charge in [0.15, 0.2) is 11.5 Å². The highest BCUT2D eigenvalue weighted by Crippen LogP contribution is 2.40. The largest absolute Gasteiger partial charge is 0.496 e. The molecule has 8 heteroatoms. The predicted molar refractivity (Wildman–Crippen MR) is 107 cm³/mol. The van der Waals surface area contributed by atoms with Gasteiger partial charge in [0.2, 0.25) is 0 Å². The minimum atomic E-state index is -3.04. The molecule has 0 atom stereocenters. The number of nitrogens with zero attached hydrogens (tertiary/aromatic N) is 1. The van der Waals surface area contributed by atoms with Gasteiger partial charge in [-0.3, -0.25) is 0 Å². The van der Waals surface area contributed by atoms with Gasteiger partial charge in [-0.25, -0.2) is 0 Å². The van der Waals surface area contributed by atoms with E-state index >= 15 is 0 Å². The van der Waals surface area contributed by atoms with E-state index < -0.39 is 11.0 Å². The minimum Gasteiger partial charge on any atom is -0.496 e. The Morgan fingerprint density at radius 3 is 2.30 bits per heavy atom. The second-order valence-corrected chi connectivity index (χ2v) is 7.30. The monoisotopic (exact) mass is 405 g/mol. The quantitative estimate of drug-likeness (QED) is 0.625. The van der Waals surface area contributed by atoms with Crippen LogP contribution in [0.4, 0.5) is 0 Å². The van der Waals surface area contributed by atoms with Gasteiger partial charge >= 0.3 is 0 Å². The number of aryl methyl sites for hydroxylation is 1.